The van der Waals surface area contributed by atoms with E-state index in [2.05, 4.69) is 20.4 Å². The van der Waals surface area contributed by atoms with Crippen molar-refractivity contribution in [2.45, 2.75) is 19.8 Å². The molecule has 2 heterocycles. The Morgan fingerprint density at radius 3 is 2.94 bits per heavy atom. The van der Waals surface area contributed by atoms with Crippen LogP contribution >= 0.6 is 0 Å². The molecule has 0 saturated heterocycles. The molecule has 1 amide bonds. The third kappa shape index (κ3) is 2.87. The van der Waals surface area contributed by atoms with Crippen molar-refractivity contribution in [2.24, 2.45) is 0 Å². The van der Waals surface area contributed by atoms with Crippen LogP contribution in [0.1, 0.15) is 19.8 Å². The van der Waals surface area contributed by atoms with Gasteiger partial charge in [-0.25, -0.2) is 14.6 Å². The summed E-state index contributed by atoms with van der Waals surface area (Å²) in [7, 11) is 0. The van der Waals surface area contributed by atoms with Crippen LogP contribution in [0, 0.1) is 0 Å². The van der Waals surface area contributed by atoms with E-state index in [0.717, 1.165) is 6.42 Å². The second-order valence-electron chi connectivity index (χ2n) is 3.54. The molecular formula is C11H13N5O. The second-order valence-corrected chi connectivity index (χ2v) is 3.54. The molecule has 6 heteroatoms. The maximum atomic E-state index is 11.4. The first-order valence-electron chi connectivity index (χ1n) is 5.40. The van der Waals surface area contributed by atoms with Gasteiger partial charge in [0.05, 0.1) is 11.9 Å². The zero-order chi connectivity index (χ0) is 12.1. The van der Waals surface area contributed by atoms with Gasteiger partial charge in [-0.3, -0.25) is 4.79 Å². The molecule has 0 aliphatic heterocycles. The van der Waals surface area contributed by atoms with E-state index in [0.29, 0.717) is 17.9 Å². The van der Waals surface area contributed by atoms with E-state index in [9.17, 15) is 4.79 Å². The molecule has 0 bridgehead atoms. The number of nitrogens with zero attached hydrogens (tertiary/aromatic N) is 4. The molecule has 0 aliphatic rings. The van der Waals surface area contributed by atoms with Crippen LogP contribution in [0.4, 0.5) is 5.69 Å². The predicted molar refractivity (Wildman–Crippen MR) is 62.7 cm³/mol. The molecule has 0 radical (unpaired) electrons. The van der Waals surface area contributed by atoms with Crippen LogP contribution in [0.3, 0.4) is 0 Å². The molecule has 0 fully saturated rings. The van der Waals surface area contributed by atoms with Crippen LogP contribution in [0.15, 0.2) is 31.0 Å². The van der Waals surface area contributed by atoms with Crippen molar-refractivity contribution in [3.8, 4) is 5.82 Å². The lowest BCUT2D eigenvalue weighted by Crippen LogP contribution is -2.11. The number of aromatic nitrogens is 4. The molecule has 0 unspecified atom stereocenters. The summed E-state index contributed by atoms with van der Waals surface area (Å²) in [6.07, 6.45) is 5.96. The first-order chi connectivity index (χ1) is 8.29. The number of nitrogens with one attached hydrogen (secondary N) is 1. The molecule has 2 aromatic heterocycles. The number of rotatable bonds is 4. The number of hydrogen-bond acceptors (Lipinski definition) is 4. The van der Waals surface area contributed by atoms with Crippen molar-refractivity contribution < 1.29 is 4.79 Å². The minimum Gasteiger partial charge on any atom is -0.325 e. The number of anilines is 1. The number of hydrogen-bond donors (Lipinski definition) is 1. The molecule has 88 valence electrons. The second kappa shape index (κ2) is 5.20. The van der Waals surface area contributed by atoms with E-state index in [1.807, 2.05) is 6.92 Å². The number of carbonyl (C=O) groups excluding carboxylic acids is 1. The molecule has 0 aromatic carbocycles. The topological polar surface area (TPSA) is 72.7 Å². The van der Waals surface area contributed by atoms with E-state index >= 15 is 0 Å². The van der Waals surface area contributed by atoms with Crippen molar-refractivity contribution in [1.29, 1.82) is 0 Å². The first kappa shape index (κ1) is 11.3. The Morgan fingerprint density at radius 1 is 1.47 bits per heavy atom. The average Bonchev–Trinajstić information content (AvgIpc) is 2.84. The Kier molecular flexibility index (Phi) is 3.44. The highest BCUT2D eigenvalue weighted by Crippen LogP contribution is 2.09. The summed E-state index contributed by atoms with van der Waals surface area (Å²) in [4.78, 5) is 19.4. The summed E-state index contributed by atoms with van der Waals surface area (Å²) >= 11 is 0. The highest BCUT2D eigenvalue weighted by Gasteiger charge is 2.02. The minimum absolute atomic E-state index is 0.00260. The first-order valence-corrected chi connectivity index (χ1v) is 5.40. The van der Waals surface area contributed by atoms with Gasteiger partial charge in [0.15, 0.2) is 5.82 Å². The van der Waals surface area contributed by atoms with Crippen molar-refractivity contribution in [2.75, 3.05) is 5.32 Å². The van der Waals surface area contributed by atoms with Crippen molar-refractivity contribution in [1.82, 2.24) is 19.7 Å². The summed E-state index contributed by atoms with van der Waals surface area (Å²) in [5.74, 6) is 0.666. The number of pyridine rings is 1. The third-order valence-electron chi connectivity index (χ3n) is 2.16. The van der Waals surface area contributed by atoms with E-state index in [4.69, 9.17) is 0 Å². The van der Waals surface area contributed by atoms with Crippen molar-refractivity contribution >= 4 is 11.6 Å². The van der Waals surface area contributed by atoms with Gasteiger partial charge in [-0.05, 0) is 18.6 Å². The molecule has 0 aliphatic carbocycles. The SMILES string of the molecule is CCCC(=O)Nc1ccc(-n2cncn2)nc1. The van der Waals surface area contributed by atoms with Gasteiger partial charge in [0.1, 0.15) is 12.7 Å². The highest BCUT2D eigenvalue weighted by atomic mass is 16.1. The summed E-state index contributed by atoms with van der Waals surface area (Å²) in [5.41, 5.74) is 0.687. The lowest BCUT2D eigenvalue weighted by molar-refractivity contribution is -0.116. The van der Waals surface area contributed by atoms with Gasteiger partial charge in [-0.1, -0.05) is 6.92 Å². The Balaban J connectivity index is 2.06. The summed E-state index contributed by atoms with van der Waals surface area (Å²) < 4.78 is 1.55. The maximum Gasteiger partial charge on any atom is 0.224 e. The fraction of sp³-hybridized carbons (Fsp3) is 0.273. The zero-order valence-electron chi connectivity index (χ0n) is 9.50. The van der Waals surface area contributed by atoms with Crippen LogP contribution in [0.2, 0.25) is 0 Å². The monoisotopic (exact) mass is 231 g/mol. The van der Waals surface area contributed by atoms with E-state index in [1.54, 1.807) is 29.3 Å². The number of carbonyl (C=O) groups is 1. The number of amides is 1. The molecule has 2 aromatic rings. The lowest BCUT2D eigenvalue weighted by atomic mass is 10.3. The molecule has 0 saturated carbocycles. The zero-order valence-corrected chi connectivity index (χ0v) is 9.50. The van der Waals surface area contributed by atoms with Gasteiger partial charge in [-0.15, -0.1) is 0 Å². The Hall–Kier alpha value is -2.24. The largest absolute Gasteiger partial charge is 0.325 e. The fourth-order valence-electron chi connectivity index (χ4n) is 1.37. The quantitative estimate of drug-likeness (QED) is 0.863. The molecule has 17 heavy (non-hydrogen) atoms. The van der Waals surface area contributed by atoms with E-state index in [1.165, 1.54) is 6.33 Å². The Labute approximate surface area is 98.7 Å². The van der Waals surface area contributed by atoms with Gasteiger partial charge in [0, 0.05) is 6.42 Å². The predicted octanol–water partition coefficient (Wildman–Crippen LogP) is 1.40. The third-order valence-corrected chi connectivity index (χ3v) is 2.16. The van der Waals surface area contributed by atoms with E-state index < -0.39 is 0 Å². The minimum atomic E-state index is 0.00260. The van der Waals surface area contributed by atoms with Crippen molar-refractivity contribution in [3.05, 3.63) is 31.0 Å². The molecule has 2 rings (SSSR count). The van der Waals surface area contributed by atoms with E-state index in [-0.39, 0.29) is 5.91 Å². The van der Waals surface area contributed by atoms with Crippen LogP contribution in [0.5, 0.6) is 0 Å². The molecular weight excluding hydrogens is 218 g/mol. The average molecular weight is 231 g/mol. The summed E-state index contributed by atoms with van der Waals surface area (Å²) in [5, 5.41) is 6.73. The molecule has 6 nitrogen and oxygen atoms in total. The van der Waals surface area contributed by atoms with Crippen LogP contribution in [-0.4, -0.2) is 25.7 Å². The van der Waals surface area contributed by atoms with Crippen LogP contribution in [-0.2, 0) is 4.79 Å². The molecule has 0 spiro atoms. The standard InChI is InChI=1S/C11H13N5O/c1-2-3-11(17)15-9-4-5-10(13-6-9)16-8-12-7-14-16/h4-8H,2-3H2,1H3,(H,15,17). The van der Waals surface area contributed by atoms with Gasteiger partial charge < -0.3 is 5.32 Å². The normalized spacial score (nSPS) is 10.2. The fourth-order valence-corrected chi connectivity index (χ4v) is 1.37. The highest BCUT2D eigenvalue weighted by molar-refractivity contribution is 5.90. The Bertz CT molecular complexity index is 477. The van der Waals surface area contributed by atoms with Gasteiger partial charge in [0.2, 0.25) is 5.91 Å². The van der Waals surface area contributed by atoms with Gasteiger partial charge >= 0.3 is 0 Å². The van der Waals surface area contributed by atoms with Gasteiger partial charge in [-0.2, -0.15) is 5.10 Å². The molecule has 0 atom stereocenters. The van der Waals surface area contributed by atoms with Crippen LogP contribution < -0.4 is 5.32 Å². The summed E-state index contributed by atoms with van der Waals surface area (Å²) in [6, 6.07) is 3.56. The molecule has 1 N–H and O–H groups in total. The Morgan fingerprint density at radius 2 is 2.35 bits per heavy atom. The van der Waals surface area contributed by atoms with Gasteiger partial charge in [0.25, 0.3) is 0 Å². The smallest absolute Gasteiger partial charge is 0.224 e. The lowest BCUT2D eigenvalue weighted by Gasteiger charge is -2.04. The summed E-state index contributed by atoms with van der Waals surface area (Å²) in [6.45, 7) is 1.96. The maximum absolute atomic E-state index is 11.4. The van der Waals surface area contributed by atoms with Crippen molar-refractivity contribution in [3.63, 3.8) is 0 Å². The van der Waals surface area contributed by atoms with Crippen LogP contribution in [0.25, 0.3) is 5.82 Å².